The number of amides is 1. The fourth-order valence-electron chi connectivity index (χ4n) is 3.39. The Morgan fingerprint density at radius 2 is 1.72 bits per heavy atom. The summed E-state index contributed by atoms with van der Waals surface area (Å²) in [5, 5.41) is 4.12. The molecule has 0 fully saturated rings. The Morgan fingerprint density at radius 1 is 1.00 bits per heavy atom. The number of para-hydroxylation sites is 1. The molecule has 0 atom stereocenters. The molecule has 0 saturated carbocycles. The molecule has 0 radical (unpaired) electrons. The second-order valence-electron chi connectivity index (χ2n) is 6.58. The van der Waals surface area contributed by atoms with Gasteiger partial charge in [0.15, 0.2) is 0 Å². The first-order chi connectivity index (χ1) is 11.9. The van der Waals surface area contributed by atoms with E-state index in [2.05, 4.69) is 28.3 Å². The van der Waals surface area contributed by atoms with Crippen molar-refractivity contribution >= 4 is 22.5 Å². The van der Waals surface area contributed by atoms with Gasteiger partial charge in [-0.05, 0) is 63.4 Å². The van der Waals surface area contributed by atoms with Crippen molar-refractivity contribution in [3.63, 3.8) is 0 Å². The molecule has 4 heteroatoms. The molecule has 3 rings (SSSR count). The zero-order valence-corrected chi connectivity index (χ0v) is 15.4. The van der Waals surface area contributed by atoms with Crippen LogP contribution in [0, 0.1) is 34.6 Å². The van der Waals surface area contributed by atoms with Gasteiger partial charge in [0, 0.05) is 16.8 Å². The second kappa shape index (κ2) is 6.63. The largest absolute Gasteiger partial charge is 0.324 e. The Morgan fingerprint density at radius 3 is 2.44 bits per heavy atom. The molecule has 4 nitrogen and oxygen atoms in total. The minimum Gasteiger partial charge on any atom is -0.324 e. The molecule has 0 aliphatic rings. The lowest BCUT2D eigenvalue weighted by Crippen LogP contribution is -2.18. The molecule has 2 aromatic heterocycles. The summed E-state index contributed by atoms with van der Waals surface area (Å²) in [5.41, 5.74) is 7.62. The van der Waals surface area contributed by atoms with Crippen LogP contribution in [0.5, 0.6) is 0 Å². The maximum absolute atomic E-state index is 12.6. The minimum absolute atomic E-state index is 0.0415. The number of anilines is 1. The molecule has 25 heavy (non-hydrogen) atoms. The van der Waals surface area contributed by atoms with Crippen LogP contribution in [0.25, 0.3) is 10.9 Å². The topological polar surface area (TPSA) is 54.9 Å². The minimum atomic E-state index is -0.0415. The van der Waals surface area contributed by atoms with Gasteiger partial charge in [0.2, 0.25) is 5.91 Å². The Balaban J connectivity index is 1.90. The molecule has 0 aliphatic heterocycles. The van der Waals surface area contributed by atoms with Crippen molar-refractivity contribution < 1.29 is 4.79 Å². The molecule has 1 aromatic carbocycles. The Labute approximate surface area is 148 Å². The summed E-state index contributed by atoms with van der Waals surface area (Å²) in [4.78, 5) is 21.7. The van der Waals surface area contributed by atoms with Gasteiger partial charge in [-0.25, -0.2) is 0 Å². The number of hydrogen-bond donors (Lipinski definition) is 1. The van der Waals surface area contributed by atoms with Gasteiger partial charge in [-0.3, -0.25) is 14.8 Å². The molecular formula is C21H23N3O. The van der Waals surface area contributed by atoms with Crippen LogP contribution >= 0.6 is 0 Å². The van der Waals surface area contributed by atoms with Crippen molar-refractivity contribution in [3.05, 3.63) is 64.1 Å². The van der Waals surface area contributed by atoms with Crippen LogP contribution in [0.3, 0.4) is 0 Å². The number of nitrogens with zero attached hydrogens (tertiary/aromatic N) is 2. The van der Waals surface area contributed by atoms with Gasteiger partial charge in [0.05, 0.1) is 23.3 Å². The van der Waals surface area contributed by atoms with E-state index in [0.29, 0.717) is 6.42 Å². The van der Waals surface area contributed by atoms with Crippen molar-refractivity contribution in [1.29, 1.82) is 0 Å². The lowest BCUT2D eigenvalue weighted by Gasteiger charge is -2.15. The molecule has 0 bridgehead atoms. The third-order valence-corrected chi connectivity index (χ3v) is 4.61. The van der Waals surface area contributed by atoms with Crippen molar-refractivity contribution in [3.8, 4) is 0 Å². The van der Waals surface area contributed by atoms with Gasteiger partial charge in [0.1, 0.15) is 0 Å². The number of carbonyl (C=O) groups excluding carboxylic acids is 1. The molecule has 128 valence electrons. The van der Waals surface area contributed by atoms with E-state index in [0.717, 1.165) is 50.4 Å². The first-order valence-corrected chi connectivity index (χ1v) is 8.46. The summed E-state index contributed by atoms with van der Waals surface area (Å²) in [6.45, 7) is 9.89. The van der Waals surface area contributed by atoms with Crippen molar-refractivity contribution in [2.45, 2.75) is 41.0 Å². The molecule has 0 saturated heterocycles. The molecular weight excluding hydrogens is 310 g/mol. The third-order valence-electron chi connectivity index (χ3n) is 4.61. The first kappa shape index (κ1) is 17.1. The average Bonchev–Trinajstić information content (AvgIpc) is 2.55. The van der Waals surface area contributed by atoms with Gasteiger partial charge < -0.3 is 5.32 Å². The van der Waals surface area contributed by atoms with Crippen LogP contribution < -0.4 is 5.32 Å². The molecule has 3 aromatic rings. The first-order valence-electron chi connectivity index (χ1n) is 8.46. The quantitative estimate of drug-likeness (QED) is 0.775. The number of aryl methyl sites for hydroxylation is 5. The Bertz CT molecular complexity index is 953. The summed E-state index contributed by atoms with van der Waals surface area (Å²) in [7, 11) is 0. The fraction of sp³-hybridized carbons (Fsp3) is 0.286. The van der Waals surface area contributed by atoms with E-state index < -0.39 is 0 Å². The normalized spacial score (nSPS) is 10.9. The molecule has 0 unspecified atom stereocenters. The Hall–Kier alpha value is -2.75. The monoisotopic (exact) mass is 333 g/mol. The number of fused-ring (bicyclic) bond motifs is 1. The maximum atomic E-state index is 12.6. The van der Waals surface area contributed by atoms with E-state index >= 15 is 0 Å². The highest BCUT2D eigenvalue weighted by Gasteiger charge is 2.15. The van der Waals surface area contributed by atoms with Crippen LogP contribution in [0.1, 0.15) is 33.8 Å². The highest BCUT2D eigenvalue weighted by Crippen LogP contribution is 2.24. The third kappa shape index (κ3) is 3.38. The predicted molar refractivity (Wildman–Crippen MR) is 102 cm³/mol. The van der Waals surface area contributed by atoms with E-state index in [4.69, 9.17) is 0 Å². The number of rotatable bonds is 3. The number of benzene rings is 1. The summed E-state index contributed by atoms with van der Waals surface area (Å²) < 4.78 is 0. The number of aromatic nitrogens is 2. The maximum Gasteiger partial charge on any atom is 0.228 e. The lowest BCUT2D eigenvalue weighted by atomic mass is 9.99. The zero-order valence-electron chi connectivity index (χ0n) is 15.4. The number of pyridine rings is 2. The van der Waals surface area contributed by atoms with Crippen LogP contribution in [0.2, 0.25) is 0 Å². The smallest absolute Gasteiger partial charge is 0.228 e. The number of carbonyl (C=O) groups is 1. The van der Waals surface area contributed by atoms with E-state index in [9.17, 15) is 4.79 Å². The highest BCUT2D eigenvalue weighted by atomic mass is 16.1. The summed E-state index contributed by atoms with van der Waals surface area (Å²) in [6.07, 6.45) is 0.308. The summed E-state index contributed by atoms with van der Waals surface area (Å²) in [5.74, 6) is -0.0415. The molecule has 1 amide bonds. The predicted octanol–water partition coefficient (Wildman–Crippen LogP) is 4.35. The van der Waals surface area contributed by atoms with Gasteiger partial charge in [-0.15, -0.1) is 0 Å². The van der Waals surface area contributed by atoms with Crippen LogP contribution in [-0.2, 0) is 11.2 Å². The van der Waals surface area contributed by atoms with Crippen molar-refractivity contribution in [2.75, 3.05) is 5.32 Å². The number of nitrogens with one attached hydrogen (secondary N) is 1. The van der Waals surface area contributed by atoms with Gasteiger partial charge in [0.25, 0.3) is 0 Å². The van der Waals surface area contributed by atoms with E-state index in [1.165, 1.54) is 0 Å². The molecule has 0 spiro atoms. The highest BCUT2D eigenvalue weighted by molar-refractivity contribution is 5.95. The Kier molecular flexibility index (Phi) is 4.53. The lowest BCUT2D eigenvalue weighted by molar-refractivity contribution is -0.115. The fourth-order valence-corrected chi connectivity index (χ4v) is 3.39. The molecule has 1 N–H and O–H groups in total. The van der Waals surface area contributed by atoms with Gasteiger partial charge >= 0.3 is 0 Å². The van der Waals surface area contributed by atoms with Crippen LogP contribution in [0.15, 0.2) is 30.3 Å². The van der Waals surface area contributed by atoms with Crippen LogP contribution in [0.4, 0.5) is 5.69 Å². The SMILES string of the molecule is Cc1cc(C)c(NC(=O)Cc2c(C)nc3ccccc3c2C)c(C)n1. The standard InChI is InChI=1S/C21H23N3O/c1-12-10-13(2)22-16(5)21(12)24-20(25)11-18-14(3)17-8-6-7-9-19(17)23-15(18)4/h6-10H,11H2,1-5H3,(H,24,25). The van der Waals surface area contributed by atoms with E-state index in [-0.39, 0.29) is 5.91 Å². The van der Waals surface area contributed by atoms with Gasteiger partial charge in [-0.2, -0.15) is 0 Å². The van der Waals surface area contributed by atoms with Crippen molar-refractivity contribution in [2.24, 2.45) is 0 Å². The van der Waals surface area contributed by atoms with Gasteiger partial charge in [-0.1, -0.05) is 18.2 Å². The zero-order chi connectivity index (χ0) is 18.1. The van der Waals surface area contributed by atoms with Crippen molar-refractivity contribution in [1.82, 2.24) is 9.97 Å². The van der Waals surface area contributed by atoms with E-state index in [1.54, 1.807) is 0 Å². The van der Waals surface area contributed by atoms with E-state index in [1.807, 2.05) is 52.0 Å². The second-order valence-corrected chi connectivity index (χ2v) is 6.58. The number of hydrogen-bond acceptors (Lipinski definition) is 3. The molecule has 0 aliphatic carbocycles. The molecule has 2 heterocycles. The average molecular weight is 333 g/mol. The summed E-state index contributed by atoms with van der Waals surface area (Å²) in [6, 6.07) is 10.0. The van der Waals surface area contributed by atoms with Crippen LogP contribution in [-0.4, -0.2) is 15.9 Å². The summed E-state index contributed by atoms with van der Waals surface area (Å²) >= 11 is 0.